The van der Waals surface area contributed by atoms with Crippen molar-refractivity contribution in [2.75, 3.05) is 18.5 Å². The van der Waals surface area contributed by atoms with E-state index >= 15 is 0 Å². The Bertz CT molecular complexity index is 925. The van der Waals surface area contributed by atoms with Crippen LogP contribution in [0.25, 0.3) is 0 Å². The fourth-order valence-corrected chi connectivity index (χ4v) is 3.10. The first-order chi connectivity index (χ1) is 13.3. The Morgan fingerprint density at radius 1 is 1.25 bits per heavy atom. The van der Waals surface area contributed by atoms with E-state index in [0.717, 1.165) is 18.9 Å². The van der Waals surface area contributed by atoms with E-state index in [4.69, 9.17) is 16.4 Å². The van der Waals surface area contributed by atoms with Gasteiger partial charge in [-0.3, -0.25) is 9.63 Å². The van der Waals surface area contributed by atoms with Crippen LogP contribution in [-0.2, 0) is 4.84 Å². The highest BCUT2D eigenvalue weighted by Crippen LogP contribution is 2.45. The number of aliphatic hydroxyl groups is 1. The molecule has 0 radical (unpaired) electrons. The molecule has 1 amide bonds. The molecule has 0 aromatic heterocycles. The van der Waals surface area contributed by atoms with Crippen LogP contribution in [0.4, 0.5) is 24.5 Å². The number of hydroxylamine groups is 1. The summed E-state index contributed by atoms with van der Waals surface area (Å²) in [5.41, 5.74) is 0.648. The molecule has 0 unspecified atom stereocenters. The maximum atomic E-state index is 14.5. The van der Waals surface area contributed by atoms with Crippen molar-refractivity contribution in [1.29, 1.82) is 0 Å². The first-order valence-electron chi connectivity index (χ1n) is 8.19. The van der Waals surface area contributed by atoms with Crippen LogP contribution in [0.1, 0.15) is 23.2 Å². The average molecular weight is 527 g/mol. The van der Waals surface area contributed by atoms with Crippen molar-refractivity contribution >= 4 is 51.5 Å². The van der Waals surface area contributed by atoms with Crippen LogP contribution in [-0.4, -0.2) is 24.2 Å². The molecular formula is C18H15ClF3IN2O3. The number of hydrogen-bond acceptors (Lipinski definition) is 4. The third-order valence-corrected chi connectivity index (χ3v) is 5.38. The topological polar surface area (TPSA) is 70.6 Å². The van der Waals surface area contributed by atoms with E-state index in [0.29, 0.717) is 3.57 Å². The number of hydrogen-bond donors (Lipinski definition) is 3. The summed E-state index contributed by atoms with van der Waals surface area (Å²) in [7, 11) is 0. The van der Waals surface area contributed by atoms with Crippen LogP contribution in [0.15, 0.2) is 24.3 Å². The molecule has 2 aromatic carbocycles. The fourth-order valence-electron chi connectivity index (χ4n) is 2.46. The van der Waals surface area contributed by atoms with E-state index in [2.05, 4.69) is 10.8 Å². The van der Waals surface area contributed by atoms with Crippen molar-refractivity contribution in [3.63, 3.8) is 0 Å². The number of halogens is 5. The van der Waals surface area contributed by atoms with Crippen LogP contribution in [0.3, 0.4) is 0 Å². The van der Waals surface area contributed by atoms with Gasteiger partial charge in [0.25, 0.3) is 5.91 Å². The standard InChI is InChI=1S/C18H15ClF3IN2O3/c19-11-6-10(17(27)25-28-8-18(7-26)3-4-18)16(15(22)14(11)21)24-13-2-1-9(23)5-12(13)20/h1-2,5-6,24,26H,3-4,7-8H2,(H,25,27). The Balaban J connectivity index is 1.86. The molecule has 1 fully saturated rings. The van der Waals surface area contributed by atoms with E-state index in [1.807, 2.05) is 22.6 Å². The second kappa shape index (κ2) is 8.44. The minimum atomic E-state index is -1.43. The molecule has 0 spiro atoms. The van der Waals surface area contributed by atoms with Crippen LogP contribution >= 0.6 is 34.2 Å². The van der Waals surface area contributed by atoms with Crippen LogP contribution in [0, 0.1) is 26.4 Å². The quantitative estimate of drug-likeness (QED) is 0.282. The molecule has 0 aliphatic heterocycles. The predicted octanol–water partition coefficient (Wildman–Crippen LogP) is 4.54. The Kier molecular flexibility index (Phi) is 6.37. The van der Waals surface area contributed by atoms with Crippen LogP contribution in [0.5, 0.6) is 0 Å². The third-order valence-electron chi connectivity index (χ3n) is 4.43. The number of carbonyl (C=O) groups excluding carboxylic acids is 1. The van der Waals surface area contributed by atoms with Crippen LogP contribution in [0.2, 0.25) is 5.02 Å². The average Bonchev–Trinajstić information content (AvgIpc) is 3.44. The number of anilines is 2. The smallest absolute Gasteiger partial charge is 0.277 e. The van der Waals surface area contributed by atoms with Crippen molar-refractivity contribution in [2.45, 2.75) is 12.8 Å². The second-order valence-electron chi connectivity index (χ2n) is 6.54. The third kappa shape index (κ3) is 4.53. The Hall–Kier alpha value is -1.56. The number of amides is 1. The van der Waals surface area contributed by atoms with E-state index in [1.54, 1.807) is 6.07 Å². The van der Waals surface area contributed by atoms with Gasteiger partial charge in [-0.1, -0.05) is 11.6 Å². The molecule has 3 rings (SSSR count). The van der Waals surface area contributed by atoms with Crippen LogP contribution < -0.4 is 10.8 Å². The molecule has 1 aliphatic carbocycles. The van der Waals surface area contributed by atoms with Gasteiger partial charge in [-0.2, -0.15) is 0 Å². The van der Waals surface area contributed by atoms with Gasteiger partial charge in [0.15, 0.2) is 11.6 Å². The summed E-state index contributed by atoms with van der Waals surface area (Å²) in [6.07, 6.45) is 1.52. The number of aliphatic hydroxyl groups excluding tert-OH is 1. The van der Waals surface area contributed by atoms with Crippen molar-refractivity contribution in [1.82, 2.24) is 5.48 Å². The molecule has 5 nitrogen and oxygen atoms in total. The van der Waals surface area contributed by atoms with Gasteiger partial charge in [0.1, 0.15) is 5.82 Å². The summed E-state index contributed by atoms with van der Waals surface area (Å²) in [4.78, 5) is 17.5. The SMILES string of the molecule is O=C(NOCC1(CO)CC1)c1cc(Cl)c(F)c(F)c1Nc1ccc(I)cc1F. The summed E-state index contributed by atoms with van der Waals surface area (Å²) in [5, 5.41) is 11.0. The Morgan fingerprint density at radius 2 is 1.96 bits per heavy atom. The number of nitrogens with one attached hydrogen (secondary N) is 2. The van der Waals surface area contributed by atoms with Gasteiger partial charge in [-0.05, 0) is 59.7 Å². The van der Waals surface area contributed by atoms with Gasteiger partial charge in [0, 0.05) is 8.99 Å². The lowest BCUT2D eigenvalue weighted by Gasteiger charge is -2.16. The summed E-state index contributed by atoms with van der Waals surface area (Å²) >= 11 is 7.56. The molecule has 0 atom stereocenters. The molecule has 0 bridgehead atoms. The number of rotatable bonds is 7. The minimum Gasteiger partial charge on any atom is -0.396 e. The zero-order chi connectivity index (χ0) is 20.5. The van der Waals surface area contributed by atoms with E-state index in [1.165, 1.54) is 12.1 Å². The highest BCUT2D eigenvalue weighted by Gasteiger charge is 2.42. The van der Waals surface area contributed by atoms with Gasteiger partial charge in [0.05, 0.1) is 35.2 Å². The van der Waals surface area contributed by atoms with Gasteiger partial charge in [-0.25, -0.2) is 18.7 Å². The van der Waals surface area contributed by atoms with Crippen molar-refractivity contribution in [3.05, 3.63) is 55.9 Å². The molecule has 0 saturated heterocycles. The first-order valence-corrected chi connectivity index (χ1v) is 9.64. The first kappa shape index (κ1) is 21.2. The predicted molar refractivity (Wildman–Crippen MR) is 106 cm³/mol. The molecule has 2 aromatic rings. The Morgan fingerprint density at radius 3 is 2.57 bits per heavy atom. The monoisotopic (exact) mass is 526 g/mol. The maximum Gasteiger partial charge on any atom is 0.277 e. The molecule has 1 aliphatic rings. The van der Waals surface area contributed by atoms with Crippen molar-refractivity contribution < 1.29 is 27.9 Å². The summed E-state index contributed by atoms with van der Waals surface area (Å²) < 4.78 is 43.1. The second-order valence-corrected chi connectivity index (χ2v) is 8.19. The zero-order valence-corrected chi connectivity index (χ0v) is 17.2. The highest BCUT2D eigenvalue weighted by molar-refractivity contribution is 14.1. The van der Waals surface area contributed by atoms with Crippen molar-refractivity contribution in [2.24, 2.45) is 5.41 Å². The molecule has 10 heteroatoms. The molecular weight excluding hydrogens is 512 g/mol. The molecule has 28 heavy (non-hydrogen) atoms. The normalized spacial score (nSPS) is 14.6. The molecule has 1 saturated carbocycles. The molecule has 0 heterocycles. The minimum absolute atomic E-state index is 0.0706. The van der Waals surface area contributed by atoms with Gasteiger partial charge in [-0.15, -0.1) is 0 Å². The lowest BCUT2D eigenvalue weighted by Crippen LogP contribution is -2.29. The number of carbonyl (C=O) groups is 1. The summed E-state index contributed by atoms with van der Waals surface area (Å²) in [5.74, 6) is -4.40. The van der Waals surface area contributed by atoms with E-state index < -0.39 is 34.1 Å². The molecule has 3 N–H and O–H groups in total. The van der Waals surface area contributed by atoms with Crippen molar-refractivity contribution in [3.8, 4) is 0 Å². The summed E-state index contributed by atoms with van der Waals surface area (Å²) in [6, 6.07) is 5.01. The van der Waals surface area contributed by atoms with Gasteiger partial charge >= 0.3 is 0 Å². The lowest BCUT2D eigenvalue weighted by molar-refractivity contribution is -0.0000402. The largest absolute Gasteiger partial charge is 0.396 e. The van der Waals surface area contributed by atoms with Gasteiger partial charge < -0.3 is 10.4 Å². The van der Waals surface area contributed by atoms with Gasteiger partial charge in [0.2, 0.25) is 0 Å². The fraction of sp³-hybridized carbons (Fsp3) is 0.278. The number of benzene rings is 2. The van der Waals surface area contributed by atoms with E-state index in [9.17, 15) is 23.1 Å². The summed E-state index contributed by atoms with van der Waals surface area (Å²) in [6.45, 7) is -0.0140. The highest BCUT2D eigenvalue weighted by atomic mass is 127. The zero-order valence-electron chi connectivity index (χ0n) is 14.3. The molecule has 150 valence electrons. The maximum absolute atomic E-state index is 14.5. The lowest BCUT2D eigenvalue weighted by atomic mass is 10.1. The van der Waals surface area contributed by atoms with E-state index in [-0.39, 0.29) is 29.9 Å². The Labute approximate surface area is 177 Å².